The minimum Gasteiger partial charge on any atom is -0.319 e. The molecule has 94 valence electrons. The van der Waals surface area contributed by atoms with Crippen LogP contribution in [0, 0.1) is 5.82 Å². The molecule has 0 aliphatic heterocycles. The van der Waals surface area contributed by atoms with Crippen molar-refractivity contribution in [2.45, 2.75) is 6.04 Å². The van der Waals surface area contributed by atoms with Crippen molar-refractivity contribution in [2.75, 3.05) is 0 Å². The third kappa shape index (κ3) is 2.20. The van der Waals surface area contributed by atoms with Crippen LogP contribution in [0.3, 0.4) is 0 Å². The SMILES string of the molecule is NC(c1cccc(F)c1)c1nccc2ccccc12. The summed E-state index contributed by atoms with van der Waals surface area (Å²) in [6.07, 6.45) is 1.73. The van der Waals surface area contributed by atoms with Crippen molar-refractivity contribution in [2.24, 2.45) is 5.73 Å². The van der Waals surface area contributed by atoms with Gasteiger partial charge in [-0.15, -0.1) is 0 Å². The van der Waals surface area contributed by atoms with Gasteiger partial charge in [0.25, 0.3) is 0 Å². The Morgan fingerprint density at radius 2 is 1.84 bits per heavy atom. The summed E-state index contributed by atoms with van der Waals surface area (Å²) < 4.78 is 13.3. The molecule has 2 nitrogen and oxygen atoms in total. The van der Waals surface area contributed by atoms with Gasteiger partial charge in [-0.1, -0.05) is 36.4 Å². The highest BCUT2D eigenvalue weighted by Gasteiger charge is 2.13. The smallest absolute Gasteiger partial charge is 0.123 e. The Balaban J connectivity index is 2.14. The van der Waals surface area contributed by atoms with E-state index in [1.54, 1.807) is 12.3 Å². The zero-order chi connectivity index (χ0) is 13.2. The summed E-state index contributed by atoms with van der Waals surface area (Å²) in [7, 11) is 0. The van der Waals surface area contributed by atoms with Crippen LogP contribution in [0.1, 0.15) is 17.3 Å². The van der Waals surface area contributed by atoms with E-state index in [9.17, 15) is 4.39 Å². The Morgan fingerprint density at radius 1 is 1.00 bits per heavy atom. The van der Waals surface area contributed by atoms with E-state index in [0.29, 0.717) is 0 Å². The average molecular weight is 252 g/mol. The molecule has 2 aromatic carbocycles. The molecule has 1 heterocycles. The van der Waals surface area contributed by atoms with Gasteiger partial charge in [0.05, 0.1) is 11.7 Å². The summed E-state index contributed by atoms with van der Waals surface area (Å²) in [6, 6.07) is 15.8. The highest BCUT2D eigenvalue weighted by molar-refractivity contribution is 5.85. The van der Waals surface area contributed by atoms with E-state index < -0.39 is 6.04 Å². The standard InChI is InChI=1S/C16H13FN2/c17-13-6-3-5-12(10-13)15(18)16-14-7-2-1-4-11(14)8-9-19-16/h1-10,15H,18H2. The molecule has 0 amide bonds. The summed E-state index contributed by atoms with van der Waals surface area (Å²) in [5.74, 6) is -0.284. The zero-order valence-corrected chi connectivity index (χ0v) is 10.3. The van der Waals surface area contributed by atoms with Crippen LogP contribution >= 0.6 is 0 Å². The molecule has 1 atom stereocenters. The number of aromatic nitrogens is 1. The van der Waals surface area contributed by atoms with Gasteiger partial charge in [0.2, 0.25) is 0 Å². The summed E-state index contributed by atoms with van der Waals surface area (Å²) in [5, 5.41) is 2.08. The van der Waals surface area contributed by atoms with Crippen LogP contribution < -0.4 is 5.73 Å². The number of halogens is 1. The largest absolute Gasteiger partial charge is 0.319 e. The number of nitrogens with zero attached hydrogens (tertiary/aromatic N) is 1. The van der Waals surface area contributed by atoms with Crippen molar-refractivity contribution < 1.29 is 4.39 Å². The summed E-state index contributed by atoms with van der Waals surface area (Å²) in [5.41, 5.74) is 7.72. The first-order chi connectivity index (χ1) is 9.25. The lowest BCUT2D eigenvalue weighted by atomic mass is 9.99. The van der Waals surface area contributed by atoms with Crippen molar-refractivity contribution in [3.8, 4) is 0 Å². The van der Waals surface area contributed by atoms with Crippen LogP contribution in [0.25, 0.3) is 10.8 Å². The lowest BCUT2D eigenvalue weighted by Crippen LogP contribution is -2.14. The van der Waals surface area contributed by atoms with Gasteiger partial charge in [0.1, 0.15) is 5.82 Å². The Labute approximate surface area is 110 Å². The van der Waals surface area contributed by atoms with Gasteiger partial charge in [0, 0.05) is 11.6 Å². The fourth-order valence-corrected chi connectivity index (χ4v) is 2.25. The van der Waals surface area contributed by atoms with Crippen molar-refractivity contribution in [3.05, 3.63) is 77.9 Å². The van der Waals surface area contributed by atoms with Gasteiger partial charge in [-0.25, -0.2) is 4.39 Å². The van der Waals surface area contributed by atoms with Crippen LogP contribution in [-0.4, -0.2) is 4.98 Å². The van der Waals surface area contributed by atoms with E-state index >= 15 is 0 Å². The maximum Gasteiger partial charge on any atom is 0.123 e. The highest BCUT2D eigenvalue weighted by Crippen LogP contribution is 2.25. The highest BCUT2D eigenvalue weighted by atomic mass is 19.1. The number of hydrogen-bond donors (Lipinski definition) is 1. The van der Waals surface area contributed by atoms with Crippen molar-refractivity contribution in [3.63, 3.8) is 0 Å². The molecule has 0 radical (unpaired) electrons. The monoisotopic (exact) mass is 252 g/mol. The van der Waals surface area contributed by atoms with Crippen LogP contribution in [-0.2, 0) is 0 Å². The Bertz CT molecular complexity index is 719. The number of hydrogen-bond acceptors (Lipinski definition) is 2. The first-order valence-electron chi connectivity index (χ1n) is 6.10. The lowest BCUT2D eigenvalue weighted by molar-refractivity contribution is 0.623. The van der Waals surface area contributed by atoms with Gasteiger partial charge < -0.3 is 5.73 Å². The van der Waals surface area contributed by atoms with E-state index in [1.807, 2.05) is 36.4 Å². The van der Waals surface area contributed by atoms with E-state index in [1.165, 1.54) is 12.1 Å². The van der Waals surface area contributed by atoms with Gasteiger partial charge in [-0.2, -0.15) is 0 Å². The Hall–Kier alpha value is -2.26. The molecule has 3 heteroatoms. The molecular weight excluding hydrogens is 239 g/mol. The maximum absolute atomic E-state index is 13.3. The van der Waals surface area contributed by atoms with E-state index in [-0.39, 0.29) is 5.82 Å². The third-order valence-electron chi connectivity index (χ3n) is 3.21. The number of pyridine rings is 1. The molecule has 0 bridgehead atoms. The van der Waals surface area contributed by atoms with E-state index in [0.717, 1.165) is 22.0 Å². The van der Waals surface area contributed by atoms with Crippen molar-refractivity contribution in [1.82, 2.24) is 4.98 Å². The van der Waals surface area contributed by atoms with Crippen LogP contribution in [0.4, 0.5) is 4.39 Å². The second kappa shape index (κ2) is 4.78. The lowest BCUT2D eigenvalue weighted by Gasteiger charge is -2.14. The molecule has 2 N–H and O–H groups in total. The zero-order valence-electron chi connectivity index (χ0n) is 10.3. The quantitative estimate of drug-likeness (QED) is 0.759. The molecular formula is C16H13FN2. The van der Waals surface area contributed by atoms with Gasteiger partial charge in [-0.05, 0) is 29.1 Å². The minimum absolute atomic E-state index is 0.284. The molecule has 0 saturated carbocycles. The molecule has 19 heavy (non-hydrogen) atoms. The van der Waals surface area contributed by atoms with E-state index in [2.05, 4.69) is 4.98 Å². The fourth-order valence-electron chi connectivity index (χ4n) is 2.25. The Kier molecular flexibility index (Phi) is 2.97. The normalized spacial score (nSPS) is 12.5. The molecule has 0 saturated heterocycles. The van der Waals surface area contributed by atoms with Crippen LogP contribution in [0.2, 0.25) is 0 Å². The second-order valence-corrected chi connectivity index (χ2v) is 4.45. The summed E-state index contributed by atoms with van der Waals surface area (Å²) >= 11 is 0. The fraction of sp³-hybridized carbons (Fsp3) is 0.0625. The van der Waals surface area contributed by atoms with Gasteiger partial charge in [0.15, 0.2) is 0 Å². The first kappa shape index (κ1) is 11.8. The molecule has 3 aromatic rings. The van der Waals surface area contributed by atoms with Gasteiger partial charge in [-0.3, -0.25) is 4.98 Å². The molecule has 1 aromatic heterocycles. The number of nitrogens with two attached hydrogens (primary N) is 1. The third-order valence-corrected chi connectivity index (χ3v) is 3.21. The molecule has 0 aliphatic rings. The Morgan fingerprint density at radius 3 is 2.68 bits per heavy atom. The first-order valence-corrected chi connectivity index (χ1v) is 6.10. The topological polar surface area (TPSA) is 38.9 Å². The second-order valence-electron chi connectivity index (χ2n) is 4.45. The van der Waals surface area contributed by atoms with Crippen LogP contribution in [0.5, 0.6) is 0 Å². The number of benzene rings is 2. The molecule has 3 rings (SSSR count). The number of fused-ring (bicyclic) bond motifs is 1. The van der Waals surface area contributed by atoms with Crippen molar-refractivity contribution >= 4 is 10.8 Å². The number of rotatable bonds is 2. The summed E-state index contributed by atoms with van der Waals surface area (Å²) in [4.78, 5) is 4.37. The molecule has 0 spiro atoms. The molecule has 1 unspecified atom stereocenters. The van der Waals surface area contributed by atoms with E-state index in [4.69, 9.17) is 5.73 Å². The van der Waals surface area contributed by atoms with Crippen molar-refractivity contribution in [1.29, 1.82) is 0 Å². The summed E-state index contributed by atoms with van der Waals surface area (Å²) in [6.45, 7) is 0. The predicted molar refractivity (Wildman–Crippen MR) is 74.2 cm³/mol. The molecule has 0 aliphatic carbocycles. The van der Waals surface area contributed by atoms with Crippen LogP contribution in [0.15, 0.2) is 60.8 Å². The average Bonchev–Trinajstić information content (AvgIpc) is 2.46. The van der Waals surface area contributed by atoms with Gasteiger partial charge >= 0.3 is 0 Å². The minimum atomic E-state index is -0.429. The molecule has 0 fully saturated rings. The maximum atomic E-state index is 13.3. The predicted octanol–water partition coefficient (Wildman–Crippen LogP) is 3.42.